The fourth-order valence-corrected chi connectivity index (χ4v) is 1.51. The van der Waals surface area contributed by atoms with E-state index in [0.717, 1.165) is 5.56 Å². The van der Waals surface area contributed by atoms with Gasteiger partial charge in [-0.25, -0.2) is 15.0 Å². The molecule has 0 amide bonds. The van der Waals surface area contributed by atoms with E-state index in [1.807, 2.05) is 6.07 Å². The van der Waals surface area contributed by atoms with Crippen LogP contribution >= 0.6 is 12.2 Å². The van der Waals surface area contributed by atoms with E-state index in [-0.39, 0.29) is 4.99 Å². The van der Waals surface area contributed by atoms with Crippen molar-refractivity contribution in [3.63, 3.8) is 0 Å². The minimum absolute atomic E-state index is 0.247. The van der Waals surface area contributed by atoms with Crippen molar-refractivity contribution >= 4 is 23.2 Å². The highest BCUT2D eigenvalue weighted by molar-refractivity contribution is 7.80. The molecule has 2 rings (SSSR count). The number of aromatic nitrogens is 3. The van der Waals surface area contributed by atoms with Crippen LogP contribution in [0.25, 0.3) is 0 Å². The van der Waals surface area contributed by atoms with Crippen molar-refractivity contribution in [2.45, 2.75) is 6.54 Å². The van der Waals surface area contributed by atoms with Gasteiger partial charge in [0.2, 0.25) is 11.8 Å². The topological polar surface area (TPSA) is 86.0 Å². The van der Waals surface area contributed by atoms with Gasteiger partial charge in [-0.2, -0.15) is 0 Å². The van der Waals surface area contributed by atoms with Crippen molar-refractivity contribution in [3.8, 4) is 5.88 Å². The largest absolute Gasteiger partial charge is 0.481 e. The number of nitrogens with two attached hydrogens (primary N) is 1. The van der Waals surface area contributed by atoms with Gasteiger partial charge in [0.1, 0.15) is 10.7 Å². The maximum atomic E-state index is 5.51. The molecule has 0 aliphatic rings. The van der Waals surface area contributed by atoms with Crippen LogP contribution in [0, 0.1) is 0 Å². The monoisotopic (exact) mass is 275 g/mol. The first-order valence-corrected chi connectivity index (χ1v) is 5.95. The average molecular weight is 275 g/mol. The first-order valence-electron chi connectivity index (χ1n) is 5.54. The Bertz CT molecular complexity index is 573. The highest BCUT2D eigenvalue weighted by Crippen LogP contribution is 2.08. The van der Waals surface area contributed by atoms with Gasteiger partial charge in [0, 0.05) is 25.0 Å². The van der Waals surface area contributed by atoms with Gasteiger partial charge in [-0.3, -0.25) is 0 Å². The van der Waals surface area contributed by atoms with Crippen molar-refractivity contribution in [2.75, 3.05) is 12.4 Å². The molecule has 6 nitrogen and oxygen atoms in total. The van der Waals surface area contributed by atoms with Crippen molar-refractivity contribution in [1.82, 2.24) is 15.0 Å². The number of hydrogen-bond donors (Lipinski definition) is 2. The van der Waals surface area contributed by atoms with Gasteiger partial charge in [0.05, 0.1) is 7.11 Å². The molecule has 0 aromatic carbocycles. The van der Waals surface area contributed by atoms with E-state index in [0.29, 0.717) is 24.1 Å². The molecule has 0 saturated heterocycles. The number of methoxy groups -OCH3 is 1. The Morgan fingerprint density at radius 2 is 2.21 bits per heavy atom. The number of hydrogen-bond acceptors (Lipinski definition) is 6. The van der Waals surface area contributed by atoms with Gasteiger partial charge < -0.3 is 15.8 Å². The van der Waals surface area contributed by atoms with Crippen molar-refractivity contribution in [1.29, 1.82) is 0 Å². The van der Waals surface area contributed by atoms with Gasteiger partial charge in [-0.15, -0.1) is 0 Å². The zero-order chi connectivity index (χ0) is 13.7. The van der Waals surface area contributed by atoms with Crippen LogP contribution in [0.15, 0.2) is 30.6 Å². The Morgan fingerprint density at radius 3 is 2.84 bits per heavy atom. The standard InChI is InChI=1S/C12H13N5OS/c1-18-10-3-2-8(6-15-10)7-16-12-14-5-4-9(17-12)11(13)19/h2-6H,7H2,1H3,(H2,13,19)(H,14,16,17). The first kappa shape index (κ1) is 13.2. The smallest absolute Gasteiger partial charge is 0.223 e. The number of nitrogens with one attached hydrogen (secondary N) is 1. The number of ether oxygens (including phenoxy) is 1. The number of thiocarbonyl (C=S) groups is 1. The van der Waals surface area contributed by atoms with Gasteiger partial charge in [-0.1, -0.05) is 18.3 Å². The van der Waals surface area contributed by atoms with Gasteiger partial charge in [0.15, 0.2) is 0 Å². The third-order valence-corrected chi connectivity index (χ3v) is 2.57. The zero-order valence-electron chi connectivity index (χ0n) is 10.3. The zero-order valence-corrected chi connectivity index (χ0v) is 11.1. The molecule has 0 atom stereocenters. The Balaban J connectivity index is 2.01. The fraction of sp³-hybridized carbons (Fsp3) is 0.167. The summed E-state index contributed by atoms with van der Waals surface area (Å²) in [4.78, 5) is 12.6. The van der Waals surface area contributed by atoms with Crippen LogP contribution in [-0.4, -0.2) is 27.1 Å². The molecule has 0 fully saturated rings. The Hall–Kier alpha value is -2.28. The molecule has 2 heterocycles. The normalized spacial score (nSPS) is 9.95. The number of rotatable bonds is 5. The third-order valence-electron chi connectivity index (χ3n) is 2.37. The lowest BCUT2D eigenvalue weighted by molar-refractivity contribution is 0.397. The lowest BCUT2D eigenvalue weighted by Gasteiger charge is -2.06. The summed E-state index contributed by atoms with van der Waals surface area (Å²) < 4.78 is 4.99. The summed E-state index contributed by atoms with van der Waals surface area (Å²) in [6.45, 7) is 0.553. The van der Waals surface area contributed by atoms with Crippen LogP contribution in [0.5, 0.6) is 5.88 Å². The molecular weight excluding hydrogens is 262 g/mol. The summed E-state index contributed by atoms with van der Waals surface area (Å²) in [6, 6.07) is 5.38. The van der Waals surface area contributed by atoms with E-state index in [4.69, 9.17) is 22.7 Å². The number of anilines is 1. The van der Waals surface area contributed by atoms with E-state index in [9.17, 15) is 0 Å². The fourth-order valence-electron chi connectivity index (χ4n) is 1.40. The van der Waals surface area contributed by atoms with Gasteiger partial charge in [-0.05, 0) is 11.6 Å². The van der Waals surface area contributed by atoms with Crippen LogP contribution < -0.4 is 15.8 Å². The second kappa shape index (κ2) is 6.05. The first-order chi connectivity index (χ1) is 9.19. The van der Waals surface area contributed by atoms with Crippen LogP contribution in [0.3, 0.4) is 0 Å². The lowest BCUT2D eigenvalue weighted by atomic mass is 10.3. The minimum Gasteiger partial charge on any atom is -0.481 e. The maximum absolute atomic E-state index is 5.51. The van der Waals surface area contributed by atoms with E-state index < -0.39 is 0 Å². The molecule has 19 heavy (non-hydrogen) atoms. The number of nitrogens with zero attached hydrogens (tertiary/aromatic N) is 3. The predicted octanol–water partition coefficient (Wildman–Crippen LogP) is 1.13. The molecule has 3 N–H and O–H groups in total. The molecule has 98 valence electrons. The van der Waals surface area contributed by atoms with Crippen LogP contribution in [0.1, 0.15) is 11.3 Å². The molecule has 2 aromatic rings. The third kappa shape index (κ3) is 3.59. The molecule has 0 aliphatic carbocycles. The van der Waals surface area contributed by atoms with Crippen molar-refractivity contribution in [2.24, 2.45) is 5.73 Å². The summed E-state index contributed by atoms with van der Waals surface area (Å²) in [7, 11) is 1.58. The van der Waals surface area contributed by atoms with E-state index in [1.165, 1.54) is 0 Å². The van der Waals surface area contributed by atoms with Crippen LogP contribution in [-0.2, 0) is 6.54 Å². The van der Waals surface area contributed by atoms with Crippen molar-refractivity contribution < 1.29 is 4.74 Å². The predicted molar refractivity (Wildman–Crippen MR) is 76.0 cm³/mol. The summed E-state index contributed by atoms with van der Waals surface area (Å²) >= 11 is 4.86. The Kier molecular flexibility index (Phi) is 4.19. The van der Waals surface area contributed by atoms with E-state index in [2.05, 4.69) is 20.3 Å². The summed E-state index contributed by atoms with van der Waals surface area (Å²) in [5.74, 6) is 1.05. The average Bonchev–Trinajstić information content (AvgIpc) is 2.46. The van der Waals surface area contributed by atoms with Crippen molar-refractivity contribution in [3.05, 3.63) is 41.9 Å². The molecule has 0 aliphatic heterocycles. The van der Waals surface area contributed by atoms with Crippen LogP contribution in [0.4, 0.5) is 5.95 Å². The second-order valence-corrected chi connectivity index (χ2v) is 4.13. The molecule has 7 heteroatoms. The Morgan fingerprint density at radius 1 is 1.37 bits per heavy atom. The highest BCUT2D eigenvalue weighted by Gasteiger charge is 2.02. The lowest BCUT2D eigenvalue weighted by Crippen LogP contribution is -2.13. The molecule has 0 unspecified atom stereocenters. The Labute approximate surface area is 116 Å². The summed E-state index contributed by atoms with van der Waals surface area (Å²) in [6.07, 6.45) is 3.33. The molecule has 2 aromatic heterocycles. The SMILES string of the molecule is COc1ccc(CNc2nccc(C(N)=S)n2)cn1. The summed E-state index contributed by atoms with van der Waals surface area (Å²) in [5.41, 5.74) is 7.04. The molecule has 0 radical (unpaired) electrons. The van der Waals surface area contributed by atoms with E-state index >= 15 is 0 Å². The quantitative estimate of drug-likeness (QED) is 0.791. The van der Waals surface area contributed by atoms with Gasteiger partial charge >= 0.3 is 0 Å². The molecule has 0 saturated carbocycles. The van der Waals surface area contributed by atoms with Gasteiger partial charge in [0.25, 0.3) is 0 Å². The maximum Gasteiger partial charge on any atom is 0.223 e. The summed E-state index contributed by atoms with van der Waals surface area (Å²) in [5, 5.41) is 3.08. The molecule has 0 spiro atoms. The minimum atomic E-state index is 0.247. The second-order valence-electron chi connectivity index (χ2n) is 3.69. The number of pyridine rings is 1. The molecular formula is C12H13N5OS. The van der Waals surface area contributed by atoms with Crippen LogP contribution in [0.2, 0.25) is 0 Å². The molecule has 0 bridgehead atoms. The highest BCUT2D eigenvalue weighted by atomic mass is 32.1. The van der Waals surface area contributed by atoms with E-state index in [1.54, 1.807) is 31.6 Å².